The van der Waals surface area contributed by atoms with E-state index in [0.29, 0.717) is 13.0 Å². The molecule has 0 saturated carbocycles. The summed E-state index contributed by atoms with van der Waals surface area (Å²) in [4.78, 5) is 14.8. The Morgan fingerprint density at radius 2 is 1.85 bits per heavy atom. The minimum Gasteiger partial charge on any atom is -0.336 e. The zero-order valence-electron chi connectivity index (χ0n) is 16.2. The van der Waals surface area contributed by atoms with E-state index < -0.39 is 0 Å². The normalized spacial score (nSPS) is 18.5. The van der Waals surface area contributed by atoms with Crippen molar-refractivity contribution >= 4 is 5.91 Å². The second kappa shape index (κ2) is 9.67. The fourth-order valence-corrected chi connectivity index (χ4v) is 3.83. The van der Waals surface area contributed by atoms with Crippen LogP contribution in [-0.2, 0) is 24.2 Å². The summed E-state index contributed by atoms with van der Waals surface area (Å²) in [7, 11) is 0. The Morgan fingerprint density at radius 3 is 2.63 bits per heavy atom. The Hall–Kier alpha value is -2.17. The predicted molar refractivity (Wildman–Crippen MR) is 110 cm³/mol. The van der Waals surface area contributed by atoms with Crippen LogP contribution in [0.5, 0.6) is 0 Å². The summed E-state index contributed by atoms with van der Waals surface area (Å²) in [6.45, 7) is 4.44. The molecule has 1 fully saturated rings. The molecule has 1 saturated heterocycles. The van der Waals surface area contributed by atoms with Gasteiger partial charge in [0.2, 0.25) is 5.91 Å². The van der Waals surface area contributed by atoms with Crippen LogP contribution in [0.25, 0.3) is 0 Å². The highest BCUT2D eigenvalue weighted by molar-refractivity contribution is 5.82. The number of benzene rings is 2. The van der Waals surface area contributed by atoms with E-state index in [2.05, 4.69) is 48.6 Å². The minimum atomic E-state index is -0.184. The van der Waals surface area contributed by atoms with Crippen LogP contribution >= 0.6 is 0 Å². The third-order valence-electron chi connectivity index (χ3n) is 5.16. The first-order valence-electron chi connectivity index (χ1n) is 10.0. The summed E-state index contributed by atoms with van der Waals surface area (Å²) >= 11 is 0. The lowest BCUT2D eigenvalue weighted by molar-refractivity contribution is -0.136. The number of hydrogen-bond donors (Lipinski definition) is 2. The molecule has 2 aromatic carbocycles. The molecule has 1 amide bonds. The lowest BCUT2D eigenvalue weighted by Gasteiger charge is -2.34. The summed E-state index contributed by atoms with van der Waals surface area (Å²) in [5, 5.41) is 3.36. The molecule has 4 heteroatoms. The highest BCUT2D eigenvalue weighted by Gasteiger charge is 2.29. The maximum atomic E-state index is 12.9. The molecule has 1 aliphatic rings. The van der Waals surface area contributed by atoms with Crippen molar-refractivity contribution in [1.82, 2.24) is 10.2 Å². The molecule has 0 aliphatic carbocycles. The Bertz CT molecular complexity index is 731. The van der Waals surface area contributed by atoms with Gasteiger partial charge in [0.15, 0.2) is 0 Å². The fourth-order valence-electron chi connectivity index (χ4n) is 3.83. The zero-order chi connectivity index (χ0) is 19.1. The largest absolute Gasteiger partial charge is 0.336 e. The molecule has 1 heterocycles. The van der Waals surface area contributed by atoms with Crippen molar-refractivity contribution in [2.45, 2.75) is 51.2 Å². The van der Waals surface area contributed by atoms with Gasteiger partial charge in [-0.15, -0.1) is 0 Å². The molecule has 0 unspecified atom stereocenters. The van der Waals surface area contributed by atoms with E-state index >= 15 is 0 Å². The monoisotopic (exact) mass is 365 g/mol. The summed E-state index contributed by atoms with van der Waals surface area (Å²) in [5.41, 5.74) is 10.2. The van der Waals surface area contributed by atoms with Gasteiger partial charge < -0.3 is 16.0 Å². The SMILES string of the molecule is CCCc1cccc(C[C@H](N)C[C@@H]2NCCN(Cc3ccccc3)C2=O)c1. The van der Waals surface area contributed by atoms with Crippen LogP contribution in [0.4, 0.5) is 0 Å². The van der Waals surface area contributed by atoms with Gasteiger partial charge in [-0.1, -0.05) is 67.9 Å². The van der Waals surface area contributed by atoms with Gasteiger partial charge in [0, 0.05) is 25.7 Å². The number of rotatable bonds is 8. The molecule has 0 radical (unpaired) electrons. The smallest absolute Gasteiger partial charge is 0.240 e. The van der Waals surface area contributed by atoms with Gasteiger partial charge in [-0.05, 0) is 36.0 Å². The summed E-state index contributed by atoms with van der Waals surface area (Å²) in [5.74, 6) is 0.167. The summed E-state index contributed by atoms with van der Waals surface area (Å²) in [6.07, 6.45) is 3.72. The lowest BCUT2D eigenvalue weighted by Crippen LogP contribution is -2.56. The van der Waals surface area contributed by atoms with Crippen LogP contribution in [0.3, 0.4) is 0 Å². The quantitative estimate of drug-likeness (QED) is 0.756. The van der Waals surface area contributed by atoms with Crippen molar-refractivity contribution in [3.8, 4) is 0 Å². The number of piperazine rings is 1. The molecule has 3 N–H and O–H groups in total. The van der Waals surface area contributed by atoms with Crippen LogP contribution in [0.2, 0.25) is 0 Å². The number of carbonyl (C=O) groups excluding carboxylic acids is 1. The number of nitrogens with zero attached hydrogens (tertiary/aromatic N) is 1. The first-order valence-corrected chi connectivity index (χ1v) is 10.0. The predicted octanol–water partition coefficient (Wildman–Crippen LogP) is 2.90. The van der Waals surface area contributed by atoms with E-state index in [1.54, 1.807) is 0 Å². The van der Waals surface area contributed by atoms with E-state index in [0.717, 1.165) is 32.4 Å². The van der Waals surface area contributed by atoms with Crippen molar-refractivity contribution in [3.05, 3.63) is 71.3 Å². The summed E-state index contributed by atoms with van der Waals surface area (Å²) < 4.78 is 0. The Labute approximate surface area is 162 Å². The van der Waals surface area contributed by atoms with Crippen molar-refractivity contribution < 1.29 is 4.79 Å². The molecular weight excluding hydrogens is 334 g/mol. The van der Waals surface area contributed by atoms with E-state index in [9.17, 15) is 4.79 Å². The van der Waals surface area contributed by atoms with Crippen LogP contribution in [0.15, 0.2) is 54.6 Å². The van der Waals surface area contributed by atoms with Gasteiger partial charge in [-0.2, -0.15) is 0 Å². The van der Waals surface area contributed by atoms with Gasteiger partial charge in [0.05, 0.1) is 6.04 Å². The fraction of sp³-hybridized carbons (Fsp3) is 0.435. The van der Waals surface area contributed by atoms with E-state index in [4.69, 9.17) is 5.73 Å². The van der Waals surface area contributed by atoms with Crippen LogP contribution in [-0.4, -0.2) is 36.0 Å². The molecule has 4 nitrogen and oxygen atoms in total. The minimum absolute atomic E-state index is 0.0278. The Balaban J connectivity index is 1.56. The number of nitrogens with one attached hydrogen (secondary N) is 1. The number of nitrogens with two attached hydrogens (primary N) is 1. The third-order valence-corrected chi connectivity index (χ3v) is 5.16. The molecule has 0 aromatic heterocycles. The molecule has 2 aromatic rings. The number of carbonyl (C=O) groups is 1. The number of hydrogen-bond acceptors (Lipinski definition) is 3. The Kier molecular flexibility index (Phi) is 7.02. The standard InChI is InChI=1S/C23H31N3O/c1-2-7-18-10-6-11-20(14-18)15-21(24)16-22-23(27)26(13-12-25-22)17-19-8-4-3-5-9-19/h3-6,8-11,14,21-22,25H,2,7,12-13,15-17,24H2,1H3/t21-,22-/m0/s1. The average molecular weight is 366 g/mol. The topological polar surface area (TPSA) is 58.4 Å². The first-order chi connectivity index (χ1) is 13.2. The van der Waals surface area contributed by atoms with E-state index in [1.807, 2.05) is 23.1 Å². The van der Waals surface area contributed by atoms with Crippen molar-refractivity contribution in [2.24, 2.45) is 5.73 Å². The van der Waals surface area contributed by atoms with Crippen molar-refractivity contribution in [3.63, 3.8) is 0 Å². The summed E-state index contributed by atoms with van der Waals surface area (Å²) in [6, 6.07) is 18.6. The third kappa shape index (κ3) is 5.65. The molecule has 27 heavy (non-hydrogen) atoms. The van der Waals surface area contributed by atoms with Crippen LogP contribution < -0.4 is 11.1 Å². The van der Waals surface area contributed by atoms with Crippen molar-refractivity contribution in [1.29, 1.82) is 0 Å². The van der Waals surface area contributed by atoms with E-state index in [-0.39, 0.29) is 18.0 Å². The van der Waals surface area contributed by atoms with Gasteiger partial charge in [0.1, 0.15) is 0 Å². The molecule has 2 atom stereocenters. The molecule has 0 bridgehead atoms. The van der Waals surface area contributed by atoms with E-state index in [1.165, 1.54) is 16.7 Å². The van der Waals surface area contributed by atoms with Crippen LogP contribution in [0.1, 0.15) is 36.5 Å². The lowest BCUT2D eigenvalue weighted by atomic mass is 9.96. The highest BCUT2D eigenvalue weighted by Crippen LogP contribution is 2.15. The molecular formula is C23H31N3O. The molecule has 0 spiro atoms. The van der Waals surface area contributed by atoms with Gasteiger partial charge in [-0.3, -0.25) is 4.79 Å². The zero-order valence-corrected chi connectivity index (χ0v) is 16.2. The number of amides is 1. The second-order valence-corrected chi connectivity index (χ2v) is 7.52. The van der Waals surface area contributed by atoms with Gasteiger partial charge >= 0.3 is 0 Å². The molecule has 144 valence electrons. The second-order valence-electron chi connectivity index (χ2n) is 7.52. The average Bonchev–Trinajstić information content (AvgIpc) is 2.66. The van der Waals surface area contributed by atoms with Crippen LogP contribution in [0, 0.1) is 0 Å². The highest BCUT2D eigenvalue weighted by atomic mass is 16.2. The molecule has 3 rings (SSSR count). The first kappa shape index (κ1) is 19.6. The Morgan fingerprint density at radius 1 is 1.11 bits per heavy atom. The maximum Gasteiger partial charge on any atom is 0.240 e. The molecule has 1 aliphatic heterocycles. The van der Waals surface area contributed by atoms with Gasteiger partial charge in [0.25, 0.3) is 0 Å². The number of aryl methyl sites for hydroxylation is 1. The van der Waals surface area contributed by atoms with Gasteiger partial charge in [-0.25, -0.2) is 0 Å². The van der Waals surface area contributed by atoms with Crippen molar-refractivity contribution in [2.75, 3.05) is 13.1 Å². The maximum absolute atomic E-state index is 12.9.